The van der Waals surface area contributed by atoms with Gasteiger partial charge in [-0.1, -0.05) is 0 Å². The summed E-state index contributed by atoms with van der Waals surface area (Å²) in [5.41, 5.74) is 1.09. The molecule has 4 rings (SSSR count). The van der Waals surface area contributed by atoms with Crippen LogP contribution in [-0.4, -0.2) is 75.6 Å². The number of likely N-dealkylation sites (tertiary alicyclic amines) is 2. The Morgan fingerprint density at radius 3 is 2.22 bits per heavy atom. The Labute approximate surface area is 163 Å². The van der Waals surface area contributed by atoms with Gasteiger partial charge in [-0.05, 0) is 12.8 Å². The number of hydrogen-bond acceptors (Lipinski definition) is 7. The number of carbonyl (C=O) groups excluding carboxylic acids is 2. The van der Waals surface area contributed by atoms with Crippen LogP contribution in [-0.2, 0) is 16.0 Å². The molecule has 2 atom stereocenters. The zero-order chi connectivity index (χ0) is 19.0. The van der Waals surface area contributed by atoms with Gasteiger partial charge in [0.1, 0.15) is 5.82 Å². The van der Waals surface area contributed by atoms with E-state index >= 15 is 0 Å². The molecule has 1 aromatic rings. The maximum atomic E-state index is 11.6. The number of hydrogen-bond donors (Lipinski definition) is 2. The second kappa shape index (κ2) is 7.53. The third-order valence-corrected chi connectivity index (χ3v) is 6.59. The molecule has 2 unspecified atom stereocenters. The highest BCUT2D eigenvalue weighted by atomic mass is 32.2. The molecule has 2 fully saturated rings. The monoisotopic (exact) mass is 390 g/mol. The fourth-order valence-corrected chi connectivity index (χ4v) is 4.99. The first-order valence-corrected chi connectivity index (χ1v) is 10.6. The SMILES string of the molecule is CC(=O)N1CCC(Nc2nc3c(c(NC4CCN(C(C)=O)C4)n2)SCC3)C1. The van der Waals surface area contributed by atoms with Gasteiger partial charge in [0, 0.05) is 64.3 Å². The van der Waals surface area contributed by atoms with Gasteiger partial charge in [-0.2, -0.15) is 4.98 Å². The topological polar surface area (TPSA) is 90.5 Å². The van der Waals surface area contributed by atoms with E-state index < -0.39 is 0 Å². The number of anilines is 2. The van der Waals surface area contributed by atoms with Gasteiger partial charge in [-0.15, -0.1) is 11.8 Å². The summed E-state index contributed by atoms with van der Waals surface area (Å²) in [4.78, 5) is 37.5. The van der Waals surface area contributed by atoms with E-state index in [1.54, 1.807) is 25.6 Å². The number of carbonyl (C=O) groups is 2. The molecule has 2 amide bonds. The van der Waals surface area contributed by atoms with Crippen molar-refractivity contribution in [1.82, 2.24) is 19.8 Å². The van der Waals surface area contributed by atoms with Crippen LogP contribution < -0.4 is 10.6 Å². The first-order valence-electron chi connectivity index (χ1n) is 9.57. The van der Waals surface area contributed by atoms with Crippen LogP contribution in [0.5, 0.6) is 0 Å². The molecule has 146 valence electrons. The minimum Gasteiger partial charge on any atom is -0.364 e. The third kappa shape index (κ3) is 3.97. The summed E-state index contributed by atoms with van der Waals surface area (Å²) in [5, 5.41) is 6.97. The Morgan fingerprint density at radius 2 is 1.63 bits per heavy atom. The second-order valence-corrected chi connectivity index (χ2v) is 8.57. The van der Waals surface area contributed by atoms with Gasteiger partial charge < -0.3 is 20.4 Å². The molecule has 0 aromatic carbocycles. The zero-order valence-electron chi connectivity index (χ0n) is 15.8. The van der Waals surface area contributed by atoms with Crippen molar-refractivity contribution >= 4 is 35.3 Å². The predicted octanol–water partition coefficient (Wildman–Crippen LogP) is 1.19. The molecule has 1 aromatic heterocycles. The number of aryl methyl sites for hydroxylation is 1. The lowest BCUT2D eigenvalue weighted by molar-refractivity contribution is -0.128. The van der Waals surface area contributed by atoms with Crippen LogP contribution in [0.25, 0.3) is 0 Å². The third-order valence-electron chi connectivity index (χ3n) is 5.46. The molecule has 0 radical (unpaired) electrons. The van der Waals surface area contributed by atoms with Gasteiger partial charge in [0.25, 0.3) is 0 Å². The lowest BCUT2D eigenvalue weighted by Crippen LogP contribution is -2.31. The van der Waals surface area contributed by atoms with E-state index in [1.807, 2.05) is 9.80 Å². The lowest BCUT2D eigenvalue weighted by Gasteiger charge is -2.19. The van der Waals surface area contributed by atoms with Gasteiger partial charge in [0.05, 0.1) is 10.6 Å². The van der Waals surface area contributed by atoms with E-state index in [4.69, 9.17) is 9.97 Å². The van der Waals surface area contributed by atoms with Crippen molar-refractivity contribution in [3.63, 3.8) is 0 Å². The summed E-state index contributed by atoms with van der Waals surface area (Å²) in [6.07, 6.45) is 2.79. The summed E-state index contributed by atoms with van der Waals surface area (Å²) in [5.74, 6) is 2.77. The van der Waals surface area contributed by atoms with Gasteiger partial charge in [0.2, 0.25) is 17.8 Å². The predicted molar refractivity (Wildman–Crippen MR) is 105 cm³/mol. The molecule has 9 heteroatoms. The van der Waals surface area contributed by atoms with Gasteiger partial charge in [-0.3, -0.25) is 9.59 Å². The zero-order valence-corrected chi connectivity index (χ0v) is 16.6. The number of nitrogens with zero attached hydrogens (tertiary/aromatic N) is 4. The Balaban J connectivity index is 1.47. The van der Waals surface area contributed by atoms with E-state index in [1.165, 1.54) is 0 Å². The van der Waals surface area contributed by atoms with Gasteiger partial charge >= 0.3 is 0 Å². The molecule has 3 aliphatic heterocycles. The van der Waals surface area contributed by atoms with Crippen molar-refractivity contribution in [3.05, 3.63) is 5.69 Å². The van der Waals surface area contributed by atoms with E-state index in [0.29, 0.717) is 12.5 Å². The fraction of sp³-hybridized carbons (Fsp3) is 0.667. The van der Waals surface area contributed by atoms with Crippen molar-refractivity contribution in [2.75, 3.05) is 42.6 Å². The largest absolute Gasteiger partial charge is 0.364 e. The van der Waals surface area contributed by atoms with Crippen molar-refractivity contribution in [1.29, 1.82) is 0 Å². The minimum atomic E-state index is 0.115. The maximum absolute atomic E-state index is 11.6. The fourth-order valence-electron chi connectivity index (χ4n) is 3.93. The first kappa shape index (κ1) is 18.3. The van der Waals surface area contributed by atoms with Crippen LogP contribution in [0.2, 0.25) is 0 Å². The van der Waals surface area contributed by atoms with Crippen molar-refractivity contribution in [3.8, 4) is 0 Å². The van der Waals surface area contributed by atoms with Crippen LogP contribution in [0.1, 0.15) is 32.4 Å². The molecule has 0 saturated carbocycles. The summed E-state index contributed by atoms with van der Waals surface area (Å²) in [7, 11) is 0. The van der Waals surface area contributed by atoms with Crippen LogP contribution >= 0.6 is 11.8 Å². The van der Waals surface area contributed by atoms with Crippen molar-refractivity contribution in [2.24, 2.45) is 0 Å². The number of rotatable bonds is 4. The lowest BCUT2D eigenvalue weighted by atomic mass is 10.2. The highest BCUT2D eigenvalue weighted by Gasteiger charge is 2.29. The van der Waals surface area contributed by atoms with Gasteiger partial charge in [0.15, 0.2) is 0 Å². The first-order chi connectivity index (χ1) is 13.0. The summed E-state index contributed by atoms with van der Waals surface area (Å²) in [6.45, 7) is 6.22. The summed E-state index contributed by atoms with van der Waals surface area (Å²) in [6, 6.07) is 0.412. The normalized spacial score (nSPS) is 24.2. The smallest absolute Gasteiger partial charge is 0.225 e. The Kier molecular flexibility index (Phi) is 5.12. The summed E-state index contributed by atoms with van der Waals surface area (Å²) < 4.78 is 0. The Bertz CT molecular complexity index is 758. The molecule has 4 heterocycles. The number of fused-ring (bicyclic) bond motifs is 1. The number of thioether (sulfide) groups is 1. The number of aromatic nitrogens is 2. The molecular formula is C18H26N6O2S. The molecule has 0 bridgehead atoms. The Morgan fingerprint density at radius 1 is 1.00 bits per heavy atom. The molecule has 0 aliphatic carbocycles. The van der Waals surface area contributed by atoms with Crippen LogP contribution in [0.15, 0.2) is 4.90 Å². The van der Waals surface area contributed by atoms with E-state index in [9.17, 15) is 9.59 Å². The van der Waals surface area contributed by atoms with Crippen molar-refractivity contribution < 1.29 is 9.59 Å². The number of amides is 2. The average molecular weight is 391 g/mol. The molecule has 2 saturated heterocycles. The van der Waals surface area contributed by atoms with Crippen molar-refractivity contribution in [2.45, 2.75) is 50.1 Å². The highest BCUT2D eigenvalue weighted by molar-refractivity contribution is 7.99. The van der Waals surface area contributed by atoms with Crippen LogP contribution in [0, 0.1) is 0 Å². The molecule has 27 heavy (non-hydrogen) atoms. The van der Waals surface area contributed by atoms with E-state index in [0.717, 1.165) is 61.1 Å². The Hall–Kier alpha value is -2.03. The standard InChI is InChI=1S/C18H26N6O2S/c1-11(25)23-6-3-13(9-23)19-17-16-15(5-8-27-16)21-18(22-17)20-14-4-7-24(10-14)12(2)26/h13-14H,3-10H2,1-2H3,(H2,19,20,21,22). The molecule has 3 aliphatic rings. The second-order valence-electron chi connectivity index (χ2n) is 7.46. The molecule has 0 spiro atoms. The molecular weight excluding hydrogens is 364 g/mol. The molecule has 2 N–H and O–H groups in total. The van der Waals surface area contributed by atoms with Crippen LogP contribution in [0.4, 0.5) is 11.8 Å². The van der Waals surface area contributed by atoms with E-state index in [2.05, 4.69) is 10.6 Å². The highest BCUT2D eigenvalue weighted by Crippen LogP contribution is 2.37. The van der Waals surface area contributed by atoms with Crippen LogP contribution in [0.3, 0.4) is 0 Å². The minimum absolute atomic E-state index is 0.115. The number of nitrogens with one attached hydrogen (secondary N) is 2. The molecule has 8 nitrogen and oxygen atoms in total. The summed E-state index contributed by atoms with van der Waals surface area (Å²) >= 11 is 1.79. The average Bonchev–Trinajstić information content (AvgIpc) is 3.34. The maximum Gasteiger partial charge on any atom is 0.225 e. The van der Waals surface area contributed by atoms with E-state index in [-0.39, 0.29) is 23.9 Å². The van der Waals surface area contributed by atoms with Gasteiger partial charge in [-0.25, -0.2) is 4.98 Å². The quantitative estimate of drug-likeness (QED) is 0.798.